The number of aliphatic hydroxyl groups is 1. The van der Waals surface area contributed by atoms with Crippen molar-refractivity contribution in [1.29, 1.82) is 0 Å². The molecule has 1 aliphatic heterocycles. The van der Waals surface area contributed by atoms with E-state index in [4.69, 9.17) is 21.1 Å². The van der Waals surface area contributed by atoms with Gasteiger partial charge in [-0.25, -0.2) is 0 Å². The van der Waals surface area contributed by atoms with E-state index in [0.717, 1.165) is 0 Å². The van der Waals surface area contributed by atoms with Crippen LogP contribution in [0.2, 0.25) is 5.02 Å². The van der Waals surface area contributed by atoms with E-state index in [1.54, 1.807) is 66.9 Å². The number of methoxy groups -OCH3 is 2. The average Bonchev–Trinajstić information content (AvgIpc) is 3.09. The van der Waals surface area contributed by atoms with E-state index >= 15 is 0 Å². The van der Waals surface area contributed by atoms with Crippen LogP contribution in [0, 0.1) is 0 Å². The normalized spacial score (nSPS) is 17.5. The number of nitrogens with zero attached hydrogens (tertiary/aromatic N) is 2. The lowest BCUT2D eigenvalue weighted by Crippen LogP contribution is -2.29. The average molecular weight is 451 g/mol. The van der Waals surface area contributed by atoms with Gasteiger partial charge in [-0.3, -0.25) is 19.5 Å². The van der Waals surface area contributed by atoms with E-state index in [0.29, 0.717) is 27.9 Å². The molecular formula is C24H19ClN2O5. The van der Waals surface area contributed by atoms with Crippen molar-refractivity contribution in [1.82, 2.24) is 4.98 Å². The van der Waals surface area contributed by atoms with Gasteiger partial charge >= 0.3 is 0 Å². The van der Waals surface area contributed by atoms with Crippen molar-refractivity contribution < 1.29 is 24.2 Å². The minimum absolute atomic E-state index is 0.0906. The predicted octanol–water partition coefficient (Wildman–Crippen LogP) is 4.38. The summed E-state index contributed by atoms with van der Waals surface area (Å²) in [4.78, 5) is 31.9. The third-order valence-electron chi connectivity index (χ3n) is 5.18. The molecule has 0 spiro atoms. The molecule has 1 unspecified atom stereocenters. The number of aromatic nitrogens is 1. The molecule has 2 aromatic carbocycles. The Labute approximate surface area is 189 Å². The SMILES string of the molecule is COc1ccc(/C(O)=C2/C(=O)C(=O)N(c3ccc(Cl)cc3)C2c2ccccn2)c(OC)c1. The molecule has 1 fully saturated rings. The summed E-state index contributed by atoms with van der Waals surface area (Å²) in [6, 6.07) is 15.5. The first-order valence-electron chi connectivity index (χ1n) is 9.66. The predicted molar refractivity (Wildman–Crippen MR) is 120 cm³/mol. The summed E-state index contributed by atoms with van der Waals surface area (Å²) < 4.78 is 10.6. The van der Waals surface area contributed by atoms with Crippen molar-refractivity contribution in [2.75, 3.05) is 19.1 Å². The van der Waals surface area contributed by atoms with Crippen LogP contribution in [-0.4, -0.2) is 36.0 Å². The Kier molecular flexibility index (Phi) is 5.83. The van der Waals surface area contributed by atoms with Crippen molar-refractivity contribution in [3.63, 3.8) is 0 Å². The van der Waals surface area contributed by atoms with Crippen LogP contribution in [0.1, 0.15) is 17.3 Å². The number of aliphatic hydroxyl groups excluding tert-OH is 1. The Morgan fingerprint density at radius 1 is 1.03 bits per heavy atom. The Hall–Kier alpha value is -3.84. The molecule has 1 aromatic heterocycles. The van der Waals surface area contributed by atoms with Gasteiger partial charge in [0, 0.05) is 23.0 Å². The van der Waals surface area contributed by atoms with E-state index in [1.807, 2.05) is 0 Å². The van der Waals surface area contributed by atoms with Crippen molar-refractivity contribution in [3.05, 3.63) is 88.7 Å². The smallest absolute Gasteiger partial charge is 0.300 e. The second kappa shape index (κ2) is 8.72. The topological polar surface area (TPSA) is 89.0 Å². The molecule has 0 aliphatic carbocycles. The van der Waals surface area contributed by atoms with E-state index in [9.17, 15) is 14.7 Å². The quantitative estimate of drug-likeness (QED) is 0.352. The molecule has 4 rings (SSSR count). The fourth-order valence-electron chi connectivity index (χ4n) is 3.66. The monoisotopic (exact) mass is 450 g/mol. The van der Waals surface area contributed by atoms with Gasteiger partial charge in [0.05, 0.1) is 31.1 Å². The molecule has 1 amide bonds. The van der Waals surface area contributed by atoms with Gasteiger partial charge in [-0.15, -0.1) is 0 Å². The molecule has 0 radical (unpaired) electrons. The minimum atomic E-state index is -0.941. The van der Waals surface area contributed by atoms with Crippen molar-refractivity contribution in [3.8, 4) is 11.5 Å². The third kappa shape index (κ3) is 3.67. The number of anilines is 1. The first-order valence-corrected chi connectivity index (χ1v) is 10.0. The van der Waals surface area contributed by atoms with E-state index in [1.165, 1.54) is 19.1 Å². The van der Waals surface area contributed by atoms with Crippen molar-refractivity contribution in [2.45, 2.75) is 6.04 Å². The minimum Gasteiger partial charge on any atom is -0.507 e. The van der Waals surface area contributed by atoms with Crippen LogP contribution >= 0.6 is 11.6 Å². The van der Waals surface area contributed by atoms with Crippen LogP contribution in [0.15, 0.2) is 72.4 Å². The molecule has 8 heteroatoms. The molecule has 1 N–H and O–H groups in total. The highest BCUT2D eigenvalue weighted by atomic mass is 35.5. The molecule has 3 aromatic rings. The van der Waals surface area contributed by atoms with E-state index in [2.05, 4.69) is 4.98 Å². The van der Waals surface area contributed by atoms with Crippen LogP contribution in [0.5, 0.6) is 11.5 Å². The number of ketones is 1. The van der Waals surface area contributed by atoms with Crippen LogP contribution in [-0.2, 0) is 9.59 Å². The van der Waals surface area contributed by atoms with E-state index < -0.39 is 17.7 Å². The molecule has 32 heavy (non-hydrogen) atoms. The van der Waals surface area contributed by atoms with Gasteiger partial charge in [0.25, 0.3) is 11.7 Å². The number of carbonyl (C=O) groups is 2. The summed E-state index contributed by atoms with van der Waals surface area (Å²) in [7, 11) is 2.95. The lowest BCUT2D eigenvalue weighted by molar-refractivity contribution is -0.132. The maximum absolute atomic E-state index is 13.1. The third-order valence-corrected chi connectivity index (χ3v) is 5.43. The van der Waals surface area contributed by atoms with Crippen LogP contribution < -0.4 is 14.4 Å². The number of carbonyl (C=O) groups excluding carboxylic acids is 2. The van der Waals surface area contributed by atoms with Gasteiger partial charge < -0.3 is 14.6 Å². The van der Waals surface area contributed by atoms with Gasteiger partial charge in [0.1, 0.15) is 23.3 Å². The number of hydrogen-bond donors (Lipinski definition) is 1. The van der Waals surface area contributed by atoms with Crippen LogP contribution in [0.3, 0.4) is 0 Å². The first-order chi connectivity index (χ1) is 15.5. The van der Waals surface area contributed by atoms with Gasteiger partial charge in [0.2, 0.25) is 0 Å². The second-order valence-electron chi connectivity index (χ2n) is 6.97. The van der Waals surface area contributed by atoms with Crippen molar-refractivity contribution in [2.24, 2.45) is 0 Å². The summed E-state index contributed by atoms with van der Waals surface area (Å²) in [5.41, 5.74) is 1.04. The zero-order chi connectivity index (χ0) is 22.8. The van der Waals surface area contributed by atoms with Crippen LogP contribution in [0.25, 0.3) is 5.76 Å². The Morgan fingerprint density at radius 2 is 1.78 bits per heavy atom. The highest BCUT2D eigenvalue weighted by Gasteiger charge is 2.47. The van der Waals surface area contributed by atoms with E-state index in [-0.39, 0.29) is 16.9 Å². The Bertz CT molecular complexity index is 1210. The maximum Gasteiger partial charge on any atom is 0.300 e. The fraction of sp³-hybridized carbons (Fsp3) is 0.125. The summed E-state index contributed by atoms with van der Waals surface area (Å²) in [6.07, 6.45) is 1.56. The lowest BCUT2D eigenvalue weighted by Gasteiger charge is -2.24. The molecule has 0 saturated carbocycles. The molecule has 2 heterocycles. The molecule has 1 atom stereocenters. The number of ether oxygens (including phenoxy) is 2. The molecule has 1 saturated heterocycles. The number of rotatable bonds is 5. The summed E-state index contributed by atoms with van der Waals surface area (Å²) >= 11 is 6.00. The van der Waals surface area contributed by atoms with Crippen LogP contribution in [0.4, 0.5) is 5.69 Å². The van der Waals surface area contributed by atoms with Gasteiger partial charge in [0.15, 0.2) is 0 Å². The van der Waals surface area contributed by atoms with Crippen molar-refractivity contribution >= 4 is 34.7 Å². The largest absolute Gasteiger partial charge is 0.507 e. The maximum atomic E-state index is 13.1. The molecule has 7 nitrogen and oxygen atoms in total. The number of amides is 1. The highest BCUT2D eigenvalue weighted by Crippen LogP contribution is 2.43. The standard InChI is InChI=1S/C24H19ClN2O5/c1-31-16-10-11-17(19(13-16)32-2)22(28)20-21(18-5-3-4-12-26-18)27(24(30)23(20)29)15-8-6-14(25)7-9-15/h3-13,21,28H,1-2H3/b22-20-. The zero-order valence-electron chi connectivity index (χ0n) is 17.3. The number of Topliss-reactive ketones (excluding diaryl/α,β-unsaturated/α-hetero) is 1. The van der Waals surface area contributed by atoms with Gasteiger partial charge in [-0.1, -0.05) is 17.7 Å². The Morgan fingerprint density at radius 3 is 2.41 bits per heavy atom. The molecular weight excluding hydrogens is 432 g/mol. The number of benzene rings is 2. The number of hydrogen-bond acceptors (Lipinski definition) is 6. The molecule has 0 bridgehead atoms. The Balaban J connectivity index is 1.95. The van der Waals surface area contributed by atoms with Gasteiger partial charge in [-0.2, -0.15) is 0 Å². The summed E-state index contributed by atoms with van der Waals surface area (Å²) in [5, 5.41) is 11.7. The van der Waals surface area contributed by atoms with Gasteiger partial charge in [-0.05, 0) is 48.5 Å². The highest BCUT2D eigenvalue weighted by molar-refractivity contribution is 6.51. The first kappa shape index (κ1) is 21.4. The molecule has 1 aliphatic rings. The number of pyridine rings is 1. The summed E-state index contributed by atoms with van der Waals surface area (Å²) in [6.45, 7) is 0. The second-order valence-corrected chi connectivity index (χ2v) is 7.40. The number of halogens is 1. The fourth-order valence-corrected chi connectivity index (χ4v) is 3.78. The zero-order valence-corrected chi connectivity index (χ0v) is 18.0. The lowest BCUT2D eigenvalue weighted by atomic mass is 9.97. The molecule has 162 valence electrons. The summed E-state index contributed by atoms with van der Waals surface area (Å²) in [5.74, 6) is -1.17.